The van der Waals surface area contributed by atoms with Crippen LogP contribution in [0.3, 0.4) is 0 Å². The van der Waals surface area contributed by atoms with Crippen LogP contribution in [0.5, 0.6) is 0 Å². The van der Waals surface area contributed by atoms with Gasteiger partial charge in [-0.15, -0.1) is 11.3 Å². The zero-order chi connectivity index (χ0) is 14.3. The average molecular weight is 290 g/mol. The normalized spacial score (nSPS) is 19.4. The molecule has 0 radical (unpaired) electrons. The van der Waals surface area contributed by atoms with Crippen molar-refractivity contribution in [3.63, 3.8) is 0 Å². The smallest absolute Gasteiger partial charge is 0.0907 e. The number of likely N-dealkylation sites (N-methyl/N-ethyl adjacent to an activating group) is 1. The molecular formula is C15H22N4S. The predicted molar refractivity (Wildman–Crippen MR) is 87.7 cm³/mol. The standard InChI is InChI=1S/C15H22N4S/c1-10-17-13-8-14(12(16)7-15(13)20-10)19-6-4-5-11(19)9-18(2)3/h7-8,11H,4-6,9,16H2,1-3H3. The molecular weight excluding hydrogens is 268 g/mol. The second kappa shape index (κ2) is 5.22. The van der Waals surface area contributed by atoms with Gasteiger partial charge in [0.05, 0.1) is 26.6 Å². The van der Waals surface area contributed by atoms with Gasteiger partial charge in [-0.05, 0) is 46.0 Å². The molecule has 1 saturated heterocycles. The molecule has 1 unspecified atom stereocenters. The molecule has 0 amide bonds. The molecule has 0 saturated carbocycles. The van der Waals surface area contributed by atoms with Gasteiger partial charge >= 0.3 is 0 Å². The Balaban J connectivity index is 1.97. The fourth-order valence-electron chi connectivity index (χ4n) is 3.11. The van der Waals surface area contributed by atoms with E-state index >= 15 is 0 Å². The molecule has 0 spiro atoms. The Kier molecular flexibility index (Phi) is 3.56. The van der Waals surface area contributed by atoms with Gasteiger partial charge in [-0.2, -0.15) is 0 Å². The fraction of sp³-hybridized carbons (Fsp3) is 0.533. The number of nitrogens with zero attached hydrogens (tertiary/aromatic N) is 3. The lowest BCUT2D eigenvalue weighted by atomic mass is 10.1. The van der Waals surface area contributed by atoms with E-state index in [-0.39, 0.29) is 0 Å². The Morgan fingerprint density at radius 2 is 2.25 bits per heavy atom. The molecule has 2 heterocycles. The zero-order valence-corrected chi connectivity index (χ0v) is 13.2. The number of aryl methyl sites for hydroxylation is 1. The minimum absolute atomic E-state index is 0.560. The fourth-order valence-corrected chi connectivity index (χ4v) is 3.96. The first-order chi connectivity index (χ1) is 9.54. The Hall–Kier alpha value is -1.33. The molecule has 1 aliphatic rings. The lowest BCUT2D eigenvalue weighted by Gasteiger charge is -2.30. The van der Waals surface area contributed by atoms with Gasteiger partial charge < -0.3 is 15.5 Å². The van der Waals surface area contributed by atoms with Crippen LogP contribution < -0.4 is 10.6 Å². The molecule has 1 atom stereocenters. The van der Waals surface area contributed by atoms with Crippen LogP contribution in [0.1, 0.15) is 17.8 Å². The van der Waals surface area contributed by atoms with E-state index in [9.17, 15) is 0 Å². The highest BCUT2D eigenvalue weighted by Crippen LogP contribution is 2.35. The number of hydrogen-bond acceptors (Lipinski definition) is 5. The summed E-state index contributed by atoms with van der Waals surface area (Å²) in [6.45, 7) is 4.22. The van der Waals surface area contributed by atoms with Crippen molar-refractivity contribution in [2.75, 3.05) is 37.8 Å². The number of aromatic nitrogens is 1. The summed E-state index contributed by atoms with van der Waals surface area (Å²) >= 11 is 1.71. The van der Waals surface area contributed by atoms with Gasteiger partial charge in [0.2, 0.25) is 0 Å². The van der Waals surface area contributed by atoms with Crippen molar-refractivity contribution in [3.05, 3.63) is 17.1 Å². The summed E-state index contributed by atoms with van der Waals surface area (Å²) in [7, 11) is 4.26. The number of nitrogens with two attached hydrogens (primary N) is 1. The third kappa shape index (κ3) is 2.47. The summed E-state index contributed by atoms with van der Waals surface area (Å²) in [4.78, 5) is 9.31. The van der Waals surface area contributed by atoms with Crippen molar-refractivity contribution in [2.24, 2.45) is 0 Å². The van der Waals surface area contributed by atoms with Crippen LogP contribution in [0.4, 0.5) is 11.4 Å². The van der Waals surface area contributed by atoms with Crippen molar-refractivity contribution < 1.29 is 0 Å². The van der Waals surface area contributed by atoms with E-state index < -0.39 is 0 Å². The van der Waals surface area contributed by atoms with Gasteiger partial charge in [0.15, 0.2) is 0 Å². The van der Waals surface area contributed by atoms with Crippen molar-refractivity contribution in [1.29, 1.82) is 0 Å². The molecule has 1 aliphatic heterocycles. The molecule has 108 valence electrons. The highest BCUT2D eigenvalue weighted by molar-refractivity contribution is 7.18. The van der Waals surface area contributed by atoms with Gasteiger partial charge in [-0.3, -0.25) is 0 Å². The highest BCUT2D eigenvalue weighted by atomic mass is 32.1. The van der Waals surface area contributed by atoms with Gasteiger partial charge in [0.25, 0.3) is 0 Å². The monoisotopic (exact) mass is 290 g/mol. The van der Waals surface area contributed by atoms with Gasteiger partial charge in [0, 0.05) is 19.1 Å². The van der Waals surface area contributed by atoms with Gasteiger partial charge in [-0.25, -0.2) is 4.98 Å². The average Bonchev–Trinajstić information content (AvgIpc) is 2.92. The summed E-state index contributed by atoms with van der Waals surface area (Å²) in [6, 6.07) is 4.81. The third-order valence-corrected chi connectivity index (χ3v) is 4.84. The van der Waals surface area contributed by atoms with E-state index in [0.717, 1.165) is 35.0 Å². The van der Waals surface area contributed by atoms with E-state index in [1.165, 1.54) is 17.5 Å². The van der Waals surface area contributed by atoms with Crippen LogP contribution in [-0.4, -0.2) is 43.1 Å². The largest absolute Gasteiger partial charge is 0.397 e. The van der Waals surface area contributed by atoms with Gasteiger partial charge in [-0.1, -0.05) is 0 Å². The van der Waals surface area contributed by atoms with E-state index in [0.29, 0.717) is 6.04 Å². The number of hydrogen-bond donors (Lipinski definition) is 1. The topological polar surface area (TPSA) is 45.4 Å². The lowest BCUT2D eigenvalue weighted by molar-refractivity contribution is 0.372. The Morgan fingerprint density at radius 1 is 1.45 bits per heavy atom. The lowest BCUT2D eigenvalue weighted by Crippen LogP contribution is -2.37. The molecule has 1 fully saturated rings. The van der Waals surface area contributed by atoms with E-state index in [4.69, 9.17) is 5.73 Å². The van der Waals surface area contributed by atoms with Crippen LogP contribution in [-0.2, 0) is 0 Å². The Bertz CT molecular complexity index is 620. The molecule has 3 rings (SSSR count). The maximum absolute atomic E-state index is 6.29. The van der Waals surface area contributed by atoms with E-state index in [1.807, 2.05) is 6.92 Å². The summed E-state index contributed by atoms with van der Waals surface area (Å²) in [6.07, 6.45) is 2.48. The molecule has 20 heavy (non-hydrogen) atoms. The molecule has 4 nitrogen and oxygen atoms in total. The van der Waals surface area contributed by atoms with Crippen LogP contribution in [0.25, 0.3) is 10.2 Å². The summed E-state index contributed by atoms with van der Waals surface area (Å²) in [5.74, 6) is 0. The van der Waals surface area contributed by atoms with Crippen LogP contribution in [0.15, 0.2) is 12.1 Å². The van der Waals surface area contributed by atoms with Crippen molar-refractivity contribution in [3.8, 4) is 0 Å². The zero-order valence-electron chi connectivity index (χ0n) is 12.4. The molecule has 2 aromatic rings. The number of anilines is 2. The molecule has 5 heteroatoms. The number of nitrogen functional groups attached to an aromatic ring is 1. The Morgan fingerprint density at radius 3 is 3.00 bits per heavy atom. The van der Waals surface area contributed by atoms with Crippen molar-refractivity contribution in [1.82, 2.24) is 9.88 Å². The predicted octanol–water partition coefficient (Wildman–Crippen LogP) is 2.72. The molecule has 0 aliphatic carbocycles. The molecule has 0 bridgehead atoms. The first-order valence-corrected chi connectivity index (χ1v) is 7.94. The summed E-state index contributed by atoms with van der Waals surface area (Å²) in [5, 5.41) is 1.10. The van der Waals surface area contributed by atoms with Crippen molar-refractivity contribution in [2.45, 2.75) is 25.8 Å². The quantitative estimate of drug-likeness (QED) is 0.883. The SMILES string of the molecule is Cc1nc2cc(N3CCCC3CN(C)C)c(N)cc2s1. The van der Waals surface area contributed by atoms with E-state index in [2.05, 4.69) is 41.0 Å². The van der Waals surface area contributed by atoms with Crippen LogP contribution in [0, 0.1) is 6.92 Å². The first kappa shape index (κ1) is 13.6. The first-order valence-electron chi connectivity index (χ1n) is 7.12. The molecule has 2 N–H and O–H groups in total. The molecule has 1 aromatic carbocycles. The maximum Gasteiger partial charge on any atom is 0.0907 e. The Labute approximate surface area is 124 Å². The summed E-state index contributed by atoms with van der Waals surface area (Å²) < 4.78 is 1.19. The highest BCUT2D eigenvalue weighted by Gasteiger charge is 2.26. The second-order valence-electron chi connectivity index (χ2n) is 5.86. The minimum Gasteiger partial charge on any atom is -0.397 e. The van der Waals surface area contributed by atoms with Crippen molar-refractivity contribution >= 4 is 32.9 Å². The third-order valence-electron chi connectivity index (χ3n) is 3.91. The van der Waals surface area contributed by atoms with E-state index in [1.54, 1.807) is 11.3 Å². The number of rotatable bonds is 3. The molecule has 1 aromatic heterocycles. The van der Waals surface area contributed by atoms with Crippen LogP contribution in [0.2, 0.25) is 0 Å². The minimum atomic E-state index is 0.560. The number of benzene rings is 1. The number of fused-ring (bicyclic) bond motifs is 1. The number of thiazole rings is 1. The summed E-state index contributed by atoms with van der Waals surface area (Å²) in [5.41, 5.74) is 9.41. The van der Waals surface area contributed by atoms with Crippen LogP contribution >= 0.6 is 11.3 Å². The maximum atomic E-state index is 6.29. The second-order valence-corrected chi connectivity index (χ2v) is 7.10. The van der Waals surface area contributed by atoms with Gasteiger partial charge in [0.1, 0.15) is 0 Å².